The van der Waals surface area contributed by atoms with Crippen LogP contribution in [0.5, 0.6) is 0 Å². The number of aromatic nitrogens is 2. The Kier molecular flexibility index (Phi) is 5.60. The van der Waals surface area contributed by atoms with Crippen LogP contribution in [0.3, 0.4) is 0 Å². The number of urea groups is 1. The molecule has 2 amide bonds. The fraction of sp³-hybridized carbons (Fsp3) is 0.421. The molecule has 0 radical (unpaired) electrons. The van der Waals surface area contributed by atoms with E-state index in [1.54, 1.807) is 6.20 Å². The molecule has 3 heterocycles. The highest BCUT2D eigenvalue weighted by atomic mass is 16.5. The van der Waals surface area contributed by atoms with Gasteiger partial charge in [0.05, 0.1) is 13.2 Å². The standard InChI is InChI=1S/C19H24N4O2/c1-14(2)22-19(24)23-7-5-18-16(11-23)9-21-10-17(18)13-25-12-15-4-3-6-20-8-15/h3-4,6,8-10,14H,5,7,11-13H2,1-2H3,(H,22,24). The number of carbonyl (C=O) groups excluding carboxylic acids is 1. The first-order valence-electron chi connectivity index (χ1n) is 8.60. The van der Waals surface area contributed by atoms with Gasteiger partial charge >= 0.3 is 6.03 Å². The minimum Gasteiger partial charge on any atom is -0.372 e. The summed E-state index contributed by atoms with van der Waals surface area (Å²) in [6.45, 7) is 6.29. The van der Waals surface area contributed by atoms with E-state index in [0.717, 1.165) is 23.1 Å². The number of amides is 2. The van der Waals surface area contributed by atoms with Crippen molar-refractivity contribution in [2.24, 2.45) is 0 Å². The van der Waals surface area contributed by atoms with Gasteiger partial charge < -0.3 is 15.0 Å². The van der Waals surface area contributed by atoms with Gasteiger partial charge in [-0.1, -0.05) is 6.07 Å². The number of hydrogen-bond donors (Lipinski definition) is 1. The van der Waals surface area contributed by atoms with E-state index < -0.39 is 0 Å². The van der Waals surface area contributed by atoms with Crippen molar-refractivity contribution in [1.29, 1.82) is 0 Å². The van der Waals surface area contributed by atoms with Gasteiger partial charge in [0.15, 0.2) is 0 Å². The highest BCUT2D eigenvalue weighted by Gasteiger charge is 2.23. The maximum Gasteiger partial charge on any atom is 0.317 e. The summed E-state index contributed by atoms with van der Waals surface area (Å²) in [7, 11) is 0. The van der Waals surface area contributed by atoms with Crippen LogP contribution in [0.15, 0.2) is 36.9 Å². The summed E-state index contributed by atoms with van der Waals surface area (Å²) >= 11 is 0. The third-order valence-corrected chi connectivity index (χ3v) is 4.18. The molecule has 1 aliphatic rings. The predicted octanol–water partition coefficient (Wildman–Crippen LogP) is 2.67. The molecular formula is C19H24N4O2. The Morgan fingerprint density at radius 2 is 2.16 bits per heavy atom. The van der Waals surface area contributed by atoms with Gasteiger partial charge in [0.2, 0.25) is 0 Å². The topological polar surface area (TPSA) is 67.4 Å². The fourth-order valence-electron chi connectivity index (χ4n) is 2.97. The minimum absolute atomic E-state index is 0.0149. The first-order chi connectivity index (χ1) is 12.1. The van der Waals surface area contributed by atoms with Crippen LogP contribution >= 0.6 is 0 Å². The van der Waals surface area contributed by atoms with Crippen LogP contribution in [0, 0.1) is 0 Å². The summed E-state index contributed by atoms with van der Waals surface area (Å²) in [5.74, 6) is 0. The second-order valence-electron chi connectivity index (χ2n) is 6.57. The van der Waals surface area contributed by atoms with Crippen LogP contribution in [0.25, 0.3) is 0 Å². The summed E-state index contributed by atoms with van der Waals surface area (Å²) in [5, 5.41) is 2.95. The molecule has 6 heteroatoms. The third kappa shape index (κ3) is 4.54. The maximum absolute atomic E-state index is 12.2. The Morgan fingerprint density at radius 3 is 2.92 bits per heavy atom. The molecule has 0 spiro atoms. The Labute approximate surface area is 148 Å². The van der Waals surface area contributed by atoms with Crippen molar-refractivity contribution >= 4 is 6.03 Å². The lowest BCUT2D eigenvalue weighted by molar-refractivity contribution is 0.105. The van der Waals surface area contributed by atoms with Gasteiger partial charge in [-0.25, -0.2) is 4.79 Å². The summed E-state index contributed by atoms with van der Waals surface area (Å²) in [4.78, 5) is 22.5. The average molecular weight is 340 g/mol. The number of pyridine rings is 2. The van der Waals surface area contributed by atoms with E-state index in [1.807, 2.05) is 49.5 Å². The molecule has 0 bridgehead atoms. The van der Waals surface area contributed by atoms with Crippen molar-refractivity contribution < 1.29 is 9.53 Å². The van der Waals surface area contributed by atoms with Gasteiger partial charge in [0.1, 0.15) is 0 Å². The molecule has 2 aromatic heterocycles. The van der Waals surface area contributed by atoms with Crippen LogP contribution in [0.2, 0.25) is 0 Å². The van der Waals surface area contributed by atoms with Crippen LogP contribution in [-0.2, 0) is 30.9 Å². The zero-order chi connectivity index (χ0) is 17.6. The van der Waals surface area contributed by atoms with Crippen LogP contribution in [-0.4, -0.2) is 33.5 Å². The molecule has 0 saturated carbocycles. The van der Waals surface area contributed by atoms with E-state index in [1.165, 1.54) is 5.56 Å². The lowest BCUT2D eigenvalue weighted by Crippen LogP contribution is -2.45. The van der Waals surface area contributed by atoms with E-state index in [4.69, 9.17) is 4.74 Å². The summed E-state index contributed by atoms with van der Waals surface area (Å²) in [5.41, 5.74) is 4.52. The van der Waals surface area contributed by atoms with E-state index in [0.29, 0.717) is 26.3 Å². The zero-order valence-electron chi connectivity index (χ0n) is 14.7. The lowest BCUT2D eigenvalue weighted by atomic mass is 9.97. The van der Waals surface area contributed by atoms with Crippen LogP contribution < -0.4 is 5.32 Å². The second kappa shape index (κ2) is 8.07. The number of ether oxygens (including phenoxy) is 1. The van der Waals surface area contributed by atoms with E-state index in [9.17, 15) is 4.79 Å². The van der Waals surface area contributed by atoms with Gasteiger partial charge in [0, 0.05) is 43.9 Å². The van der Waals surface area contributed by atoms with Crippen molar-refractivity contribution in [2.75, 3.05) is 6.54 Å². The van der Waals surface area contributed by atoms with Crippen LogP contribution in [0.4, 0.5) is 4.79 Å². The monoisotopic (exact) mass is 340 g/mol. The number of hydrogen-bond acceptors (Lipinski definition) is 4. The number of rotatable bonds is 5. The van der Waals surface area contributed by atoms with Gasteiger partial charge in [-0.15, -0.1) is 0 Å². The highest BCUT2D eigenvalue weighted by Crippen LogP contribution is 2.22. The predicted molar refractivity (Wildman–Crippen MR) is 94.7 cm³/mol. The molecule has 0 saturated heterocycles. The molecule has 1 aliphatic heterocycles. The molecule has 25 heavy (non-hydrogen) atoms. The highest BCUT2D eigenvalue weighted by molar-refractivity contribution is 5.74. The van der Waals surface area contributed by atoms with E-state index in [-0.39, 0.29) is 12.1 Å². The first kappa shape index (κ1) is 17.4. The van der Waals surface area contributed by atoms with Gasteiger partial charge in [0.25, 0.3) is 0 Å². The molecular weight excluding hydrogens is 316 g/mol. The van der Waals surface area contributed by atoms with Gasteiger partial charge in [-0.3, -0.25) is 9.97 Å². The second-order valence-corrected chi connectivity index (χ2v) is 6.57. The molecule has 6 nitrogen and oxygen atoms in total. The summed E-state index contributed by atoms with van der Waals surface area (Å²) in [6.07, 6.45) is 8.11. The Balaban J connectivity index is 1.62. The Morgan fingerprint density at radius 1 is 1.28 bits per heavy atom. The molecule has 0 unspecified atom stereocenters. The van der Waals surface area contributed by atoms with Crippen molar-refractivity contribution in [3.8, 4) is 0 Å². The fourth-order valence-corrected chi connectivity index (χ4v) is 2.97. The SMILES string of the molecule is CC(C)NC(=O)N1CCc2c(COCc3cccnc3)cncc2C1. The Bertz CT molecular complexity index is 719. The quantitative estimate of drug-likeness (QED) is 0.909. The lowest BCUT2D eigenvalue weighted by Gasteiger charge is -2.30. The average Bonchev–Trinajstić information content (AvgIpc) is 2.62. The summed E-state index contributed by atoms with van der Waals surface area (Å²) in [6, 6.07) is 4.02. The molecule has 0 atom stereocenters. The summed E-state index contributed by atoms with van der Waals surface area (Å²) < 4.78 is 5.83. The number of carbonyl (C=O) groups is 1. The molecule has 0 fully saturated rings. The van der Waals surface area contributed by atoms with Crippen molar-refractivity contribution in [3.63, 3.8) is 0 Å². The normalized spacial score (nSPS) is 13.6. The molecule has 132 valence electrons. The minimum atomic E-state index is -0.0149. The van der Waals surface area contributed by atoms with Crippen molar-refractivity contribution in [1.82, 2.24) is 20.2 Å². The Hall–Kier alpha value is -2.47. The van der Waals surface area contributed by atoms with Gasteiger partial charge in [-0.2, -0.15) is 0 Å². The first-order valence-corrected chi connectivity index (χ1v) is 8.60. The number of nitrogens with zero attached hydrogens (tertiary/aromatic N) is 3. The van der Waals surface area contributed by atoms with Crippen LogP contribution in [0.1, 0.15) is 36.1 Å². The molecule has 0 aliphatic carbocycles. The zero-order valence-corrected chi connectivity index (χ0v) is 14.7. The van der Waals surface area contributed by atoms with E-state index in [2.05, 4.69) is 15.3 Å². The van der Waals surface area contributed by atoms with E-state index >= 15 is 0 Å². The molecule has 3 rings (SSSR count). The number of nitrogens with one attached hydrogen (secondary N) is 1. The molecule has 2 aromatic rings. The maximum atomic E-state index is 12.2. The van der Waals surface area contributed by atoms with Gasteiger partial charge in [-0.05, 0) is 48.6 Å². The number of fused-ring (bicyclic) bond motifs is 1. The largest absolute Gasteiger partial charge is 0.372 e. The molecule has 0 aromatic carbocycles. The smallest absolute Gasteiger partial charge is 0.317 e. The third-order valence-electron chi connectivity index (χ3n) is 4.18. The molecule has 1 N–H and O–H groups in total. The van der Waals surface area contributed by atoms with Crippen molar-refractivity contribution in [2.45, 2.75) is 46.1 Å². The van der Waals surface area contributed by atoms with Crippen molar-refractivity contribution in [3.05, 3.63) is 59.2 Å².